The van der Waals surface area contributed by atoms with E-state index in [1.54, 1.807) is 0 Å². The van der Waals surface area contributed by atoms with Gasteiger partial charge in [-0.15, -0.1) is 0 Å². The zero-order valence-electron chi connectivity index (χ0n) is 6.61. The van der Waals surface area contributed by atoms with Crippen LogP contribution in [0.1, 0.15) is 19.3 Å². The molecule has 0 radical (unpaired) electrons. The van der Waals surface area contributed by atoms with Crippen molar-refractivity contribution in [1.29, 1.82) is 0 Å². The van der Waals surface area contributed by atoms with E-state index in [4.69, 9.17) is 5.11 Å². The van der Waals surface area contributed by atoms with Crippen molar-refractivity contribution in [2.24, 2.45) is 5.41 Å². The third kappa shape index (κ3) is 0.941. The Morgan fingerprint density at radius 1 is 1.31 bits per heavy atom. The van der Waals surface area contributed by atoms with Crippen molar-refractivity contribution >= 4 is 6.09 Å². The van der Waals surface area contributed by atoms with E-state index in [2.05, 4.69) is 5.32 Å². The van der Waals surface area contributed by atoms with Crippen LogP contribution in [0.5, 0.6) is 0 Å². The number of carbonyl (C=O) groups is 1. The summed E-state index contributed by atoms with van der Waals surface area (Å²) in [5.74, 6) is 0. The molecule has 3 aliphatic rings. The first kappa shape index (κ1) is 8.65. The molecule has 13 heavy (non-hydrogen) atoms. The van der Waals surface area contributed by atoms with Crippen molar-refractivity contribution in [1.82, 2.24) is 5.32 Å². The highest BCUT2D eigenvalue weighted by atomic mass is 19.4. The number of amides is 1. The molecule has 1 amide bonds. The van der Waals surface area contributed by atoms with Crippen LogP contribution in [0.3, 0.4) is 0 Å². The lowest BCUT2D eigenvalue weighted by Gasteiger charge is -2.69. The van der Waals surface area contributed by atoms with Gasteiger partial charge in [-0.3, -0.25) is 0 Å². The summed E-state index contributed by atoms with van der Waals surface area (Å²) < 4.78 is 36.8. The van der Waals surface area contributed by atoms with Crippen LogP contribution < -0.4 is 5.32 Å². The Morgan fingerprint density at radius 2 is 1.77 bits per heavy atom. The summed E-state index contributed by atoms with van der Waals surface area (Å²) in [6, 6.07) is 0. The van der Waals surface area contributed by atoms with Crippen LogP contribution in [-0.2, 0) is 0 Å². The predicted octanol–water partition coefficient (Wildman–Crippen LogP) is 1.74. The molecular formula is C7H8F3NO2. The molecule has 0 heterocycles. The van der Waals surface area contributed by atoms with Gasteiger partial charge < -0.3 is 10.4 Å². The van der Waals surface area contributed by atoms with Crippen LogP contribution in [0.25, 0.3) is 0 Å². The first-order chi connectivity index (χ1) is 5.79. The lowest BCUT2D eigenvalue weighted by Crippen LogP contribution is -2.78. The highest BCUT2D eigenvalue weighted by Gasteiger charge is 2.79. The molecule has 2 N–H and O–H groups in total. The first-order valence-corrected chi connectivity index (χ1v) is 3.87. The molecule has 3 aliphatic carbocycles. The van der Waals surface area contributed by atoms with E-state index in [0.717, 1.165) is 0 Å². The highest BCUT2D eigenvalue weighted by Crippen LogP contribution is 2.73. The fourth-order valence-electron chi connectivity index (χ4n) is 2.45. The summed E-state index contributed by atoms with van der Waals surface area (Å²) in [6.45, 7) is 0. The topological polar surface area (TPSA) is 49.3 Å². The van der Waals surface area contributed by atoms with Gasteiger partial charge in [-0.25, -0.2) is 4.79 Å². The lowest BCUT2D eigenvalue weighted by molar-refractivity contribution is -0.337. The van der Waals surface area contributed by atoms with Crippen molar-refractivity contribution in [2.75, 3.05) is 0 Å². The number of carboxylic acid groups (broad SMARTS) is 1. The standard InChI is InChI=1S/C7H8F3NO2/c8-7(9,10)5-1-6(2-5,3-5)11-4(12)13/h11H,1-3H2,(H,12,13). The van der Waals surface area contributed by atoms with E-state index in [0.29, 0.717) is 0 Å². The van der Waals surface area contributed by atoms with Gasteiger partial charge in [0.15, 0.2) is 0 Å². The smallest absolute Gasteiger partial charge is 0.405 e. The van der Waals surface area contributed by atoms with Crippen LogP contribution in [0.2, 0.25) is 0 Å². The van der Waals surface area contributed by atoms with Gasteiger partial charge in [0.1, 0.15) is 0 Å². The number of hydrogen-bond acceptors (Lipinski definition) is 1. The van der Waals surface area contributed by atoms with Crippen LogP contribution in [0.4, 0.5) is 18.0 Å². The normalized spacial score (nSPS) is 41.8. The van der Waals surface area contributed by atoms with E-state index in [1.807, 2.05) is 0 Å². The SMILES string of the molecule is O=C(O)NC12CC(C(F)(F)F)(C1)C2. The Hall–Kier alpha value is -0.940. The van der Waals surface area contributed by atoms with Crippen LogP contribution >= 0.6 is 0 Å². The van der Waals surface area contributed by atoms with Crippen molar-refractivity contribution < 1.29 is 23.1 Å². The minimum atomic E-state index is -4.17. The van der Waals surface area contributed by atoms with Crippen molar-refractivity contribution in [3.05, 3.63) is 0 Å². The van der Waals surface area contributed by atoms with E-state index >= 15 is 0 Å². The Bertz CT molecular complexity index is 254. The summed E-state index contributed by atoms with van der Waals surface area (Å²) in [7, 11) is 0. The van der Waals surface area contributed by atoms with Gasteiger partial charge in [0.05, 0.1) is 5.41 Å². The molecule has 6 heteroatoms. The van der Waals surface area contributed by atoms with Gasteiger partial charge in [-0.05, 0) is 19.3 Å². The molecule has 0 aromatic carbocycles. The monoisotopic (exact) mass is 195 g/mol. The van der Waals surface area contributed by atoms with Gasteiger partial charge in [0.2, 0.25) is 0 Å². The van der Waals surface area contributed by atoms with Crippen LogP contribution in [0.15, 0.2) is 0 Å². The van der Waals surface area contributed by atoms with Crippen molar-refractivity contribution in [3.8, 4) is 0 Å². The average molecular weight is 195 g/mol. The third-order valence-corrected chi connectivity index (χ3v) is 3.00. The molecule has 3 rings (SSSR count). The molecule has 0 aromatic heterocycles. The second kappa shape index (κ2) is 1.93. The fraction of sp³-hybridized carbons (Fsp3) is 0.857. The van der Waals surface area contributed by atoms with Gasteiger partial charge in [-0.2, -0.15) is 13.2 Å². The van der Waals surface area contributed by atoms with E-state index in [1.165, 1.54) is 0 Å². The Balaban J connectivity index is 1.97. The average Bonchev–Trinajstić information content (AvgIpc) is 1.70. The summed E-state index contributed by atoms with van der Waals surface area (Å²) >= 11 is 0. The maximum absolute atomic E-state index is 12.3. The van der Waals surface area contributed by atoms with Gasteiger partial charge in [-0.1, -0.05) is 0 Å². The summed E-state index contributed by atoms with van der Waals surface area (Å²) in [6.07, 6.45) is -5.67. The fourth-order valence-corrected chi connectivity index (χ4v) is 2.45. The molecule has 0 atom stereocenters. The second-order valence-electron chi connectivity index (χ2n) is 4.02. The maximum atomic E-state index is 12.3. The number of alkyl halides is 3. The largest absolute Gasteiger partial charge is 0.465 e. The number of nitrogens with one attached hydrogen (secondary N) is 1. The highest BCUT2D eigenvalue weighted by molar-refractivity contribution is 5.67. The molecule has 3 nitrogen and oxygen atoms in total. The minimum Gasteiger partial charge on any atom is -0.465 e. The summed E-state index contributed by atoms with van der Waals surface area (Å²) in [5.41, 5.74) is -2.34. The molecule has 0 unspecified atom stereocenters. The molecule has 3 saturated carbocycles. The summed E-state index contributed by atoms with van der Waals surface area (Å²) in [4.78, 5) is 10.2. The molecule has 0 aromatic rings. The molecular weight excluding hydrogens is 187 g/mol. The molecule has 2 bridgehead atoms. The Kier molecular flexibility index (Phi) is 1.29. The number of halogens is 3. The number of rotatable bonds is 1. The minimum absolute atomic E-state index is 0.0875. The zero-order chi connectivity index (χ0) is 9.91. The van der Waals surface area contributed by atoms with Crippen molar-refractivity contribution in [2.45, 2.75) is 31.0 Å². The molecule has 0 aliphatic heterocycles. The van der Waals surface area contributed by atoms with E-state index in [-0.39, 0.29) is 19.3 Å². The van der Waals surface area contributed by atoms with Crippen molar-refractivity contribution in [3.63, 3.8) is 0 Å². The first-order valence-electron chi connectivity index (χ1n) is 3.87. The third-order valence-electron chi connectivity index (χ3n) is 3.00. The second-order valence-corrected chi connectivity index (χ2v) is 4.02. The quantitative estimate of drug-likeness (QED) is 0.669. The predicted molar refractivity (Wildman–Crippen MR) is 36.2 cm³/mol. The van der Waals surface area contributed by atoms with E-state index < -0.39 is 23.2 Å². The van der Waals surface area contributed by atoms with Crippen LogP contribution in [-0.4, -0.2) is 22.9 Å². The summed E-state index contributed by atoms with van der Waals surface area (Å²) in [5, 5.41) is 10.5. The maximum Gasteiger partial charge on any atom is 0.405 e. The van der Waals surface area contributed by atoms with Gasteiger partial charge >= 0.3 is 12.3 Å². The number of hydrogen-bond donors (Lipinski definition) is 2. The molecule has 0 spiro atoms. The van der Waals surface area contributed by atoms with Gasteiger partial charge in [0, 0.05) is 5.54 Å². The zero-order valence-corrected chi connectivity index (χ0v) is 6.61. The Morgan fingerprint density at radius 3 is 2.08 bits per heavy atom. The molecule has 3 fully saturated rings. The van der Waals surface area contributed by atoms with Gasteiger partial charge in [0.25, 0.3) is 0 Å². The molecule has 0 saturated heterocycles. The molecule has 74 valence electrons. The van der Waals surface area contributed by atoms with E-state index in [9.17, 15) is 18.0 Å². The lowest BCUT2D eigenvalue weighted by atomic mass is 9.39. The Labute approximate surface area is 71.9 Å². The van der Waals surface area contributed by atoms with Crippen LogP contribution in [0, 0.1) is 5.41 Å².